The zero-order valence-electron chi connectivity index (χ0n) is 38.3. The van der Waals surface area contributed by atoms with E-state index in [1.165, 1.54) is 0 Å². The third-order valence-electron chi connectivity index (χ3n) is 0. The topological polar surface area (TPSA) is 1100 Å². The van der Waals surface area contributed by atoms with E-state index in [0.29, 0.717) is 0 Å². The third-order valence-corrected chi connectivity index (χ3v) is 0. The van der Waals surface area contributed by atoms with E-state index in [-0.39, 0.29) is 334 Å². The normalized spacial score (nSPS) is 5.31. The Morgan fingerprint density at radius 2 is 0.195 bits per heavy atom. The SMILES string of the molecule is [Mg+2].[Mg+2].[Mg+2].[Mg+2].[Mg+2].[Ni+2].[Ni+2].[Ni+2].[Ni+2].[Ni+2].[O]=[Nb](=[O])[O-].[O]=[Nb](=[O])[O-].[O]=[Nb](=[O])[O-].[O]=[Nb](=[O])[O-].[O]=[Nb](=[O])[O-].[O]=[Nb](=[O])[O-].[O]=[Ti]([O-])[O-].[O]=[Ti]([O-])[O-].[O]=[Ti]([O-])[O-].[O]=[Ti]([O-])[O-].[O]=[Ti]([O-])[O-].[O]=[Ti]([O-])[O-].[O]=[Zr]([O-])[O-].[O]=[Zr]([O-])[O-].[O]=[Zr]([O-])[O-].[O]=[Zr]([O-])[O-].[O]=[Zr]([O-])[O-].[O]=[Zr]([O-])[O-].[Pb+2].[Pb+2].[Pb+2].[Pb+2].[Pb+2]. The number of hydrogen-bond acceptors (Lipinski definition) is 54. The molecule has 0 N–H and O–H groups in total. The molecule has 0 heterocycles. The molecule has 0 aromatic rings. The minimum absolute atomic E-state index is 0. The van der Waals surface area contributed by atoms with E-state index in [4.69, 9.17) is 180 Å². The van der Waals surface area contributed by atoms with Crippen molar-refractivity contribution in [1.82, 2.24) is 0 Å². The molecule has 0 amide bonds. The second-order valence-electron chi connectivity index (χ2n) is 4.34. The van der Waals surface area contributed by atoms with Gasteiger partial charge in [-0.3, -0.25) is 0 Å². The van der Waals surface area contributed by atoms with Gasteiger partial charge in [0.2, 0.25) is 0 Å². The number of hydrogen-bond donors (Lipinski definition) is 0. The summed E-state index contributed by atoms with van der Waals surface area (Å²) < 4.78 is 464. The van der Waals surface area contributed by atoms with Gasteiger partial charge in [0.15, 0.2) is 0 Å². The van der Waals surface area contributed by atoms with Crippen molar-refractivity contribution in [3.05, 3.63) is 0 Å². The van der Waals surface area contributed by atoms with E-state index in [2.05, 4.69) is 0 Å². The Morgan fingerprint density at radius 3 is 0.195 bits per heavy atom. The predicted molar refractivity (Wildman–Crippen MR) is 74.0 cm³/mol. The van der Waals surface area contributed by atoms with Crippen LogP contribution < -0.4 is 104 Å². The fourth-order valence-corrected chi connectivity index (χ4v) is 0. The van der Waals surface area contributed by atoms with E-state index >= 15 is 0 Å². The maximum Gasteiger partial charge on any atom is 2.00 e. The van der Waals surface area contributed by atoms with Crippen LogP contribution in [0.25, 0.3) is 0 Å². The zero-order chi connectivity index (χ0) is 64.4. The van der Waals surface area contributed by atoms with Gasteiger partial charge < -0.3 is 0 Å². The summed E-state index contributed by atoms with van der Waals surface area (Å²) in [5, 5.41) is 0. The second-order valence-corrected chi connectivity index (χ2v) is 23.0. The second kappa shape index (κ2) is 213. The molecule has 54 nitrogen and oxygen atoms in total. The molecule has 0 atom stereocenters. The molecule has 0 aliphatic carbocycles. The molecule has 0 bridgehead atoms. The van der Waals surface area contributed by atoms with Crippen LogP contribution in [0.15, 0.2) is 0 Å². The molecule has 0 aromatic heterocycles. The maximum atomic E-state index is 8.61. The summed E-state index contributed by atoms with van der Waals surface area (Å²) >= 11 is -75.5. The molecule has 0 aliphatic heterocycles. The summed E-state index contributed by atoms with van der Waals surface area (Å²) in [6.45, 7) is 0. The predicted octanol–water partition coefficient (Wildman–Crippen LogP) is -42.4. The van der Waals surface area contributed by atoms with Crippen molar-refractivity contribution in [1.29, 1.82) is 0 Å². The van der Waals surface area contributed by atoms with E-state index in [1.807, 2.05) is 0 Å². The van der Waals surface area contributed by atoms with E-state index < -0.39 is 360 Å². The van der Waals surface area contributed by atoms with Gasteiger partial charge in [0.1, 0.15) is 0 Å². The van der Waals surface area contributed by atoms with Gasteiger partial charge in [-0.05, 0) is 0 Å². The summed E-state index contributed by atoms with van der Waals surface area (Å²) in [7, 11) is 0. The first-order chi connectivity index (χ1) is 31.2. The van der Waals surface area contributed by atoms with Gasteiger partial charge in [-0.25, -0.2) is 0 Å². The summed E-state index contributed by atoms with van der Waals surface area (Å²) in [5.74, 6) is 0. The van der Waals surface area contributed by atoms with Crippen molar-refractivity contribution in [3.63, 3.8) is 0 Å². The Bertz CT molecular complexity index is 1410. The summed E-state index contributed by atoms with van der Waals surface area (Å²) in [4.78, 5) is 0. The molecule has 87 heteroatoms. The molecular formula is Mg5Nb6Ni5O54Pb5Ti6Zr6. The van der Waals surface area contributed by atoms with Crippen LogP contribution in [0.1, 0.15) is 0 Å². The number of rotatable bonds is 0. The fraction of sp³-hybridized carbons (Fsp3) is 0. The fourth-order valence-electron chi connectivity index (χ4n) is 0. The molecule has 0 fully saturated rings. The van der Waals surface area contributed by atoms with Crippen LogP contribution in [0.2, 0.25) is 0 Å². The van der Waals surface area contributed by atoms with Gasteiger partial charge in [0.25, 0.3) is 0 Å². The van der Waals surface area contributed by atoms with Crippen molar-refractivity contribution in [2.75, 3.05) is 0 Å². The van der Waals surface area contributed by atoms with Gasteiger partial charge >= 0.3 is 874 Å². The standard InChI is InChI=1S/5Mg.6Nb.5Ni.54O.5Pb.6Ti.6Zr/q5*+2;;;;;;;5*+2;;;;;;;;;;;;;;;;;;;;;;;;;30*-1;5*+2;;;;;;;;;;;;. The van der Waals surface area contributed by atoms with Gasteiger partial charge in [0.05, 0.1) is 0 Å². The molecule has 0 saturated carbocycles. The van der Waals surface area contributed by atoms with Crippen LogP contribution in [0, 0.1) is 0 Å². The maximum absolute atomic E-state index is 8.61. The van der Waals surface area contributed by atoms with Gasteiger partial charge in [-0.1, -0.05) is 0 Å². The van der Waals surface area contributed by atoms with Crippen LogP contribution in [0.4, 0.5) is 0 Å². The first-order valence-corrected chi connectivity index (χ1v) is 56.3. The van der Waals surface area contributed by atoms with Crippen LogP contribution in [0.3, 0.4) is 0 Å². The summed E-state index contributed by atoms with van der Waals surface area (Å²) in [6.07, 6.45) is 0. The van der Waals surface area contributed by atoms with E-state index in [1.54, 1.807) is 0 Å². The van der Waals surface area contributed by atoms with E-state index in [0.717, 1.165) is 0 Å². The molecular weight excluding hydrogens is 3710 g/mol. The van der Waals surface area contributed by atoms with Crippen LogP contribution in [-0.2, 0) is 519 Å². The minimum Gasteiger partial charge on any atom is 2.00 e. The van der Waals surface area contributed by atoms with Crippen LogP contribution >= 0.6 is 0 Å². The van der Waals surface area contributed by atoms with Crippen LogP contribution in [-0.4, -0.2) is 252 Å². The Balaban J connectivity index is -0.0000000113. The Morgan fingerprint density at radius 1 is 0.195 bits per heavy atom. The first-order valence-electron chi connectivity index (χ1n) is 10.6. The van der Waals surface area contributed by atoms with Crippen molar-refractivity contribution < 1.29 is 623 Å². The Labute approximate surface area is 850 Å². The van der Waals surface area contributed by atoms with Crippen molar-refractivity contribution in [2.24, 2.45) is 0 Å². The Hall–Kier alpha value is 18.9. The van der Waals surface area contributed by atoms with Gasteiger partial charge in [0, 0.05) is 0 Å². The average Bonchev–Trinajstić information content (AvgIpc) is 2.91. The molecule has 10 radical (unpaired) electrons. The summed E-state index contributed by atoms with van der Waals surface area (Å²) in [5.41, 5.74) is 0. The zero-order valence-corrected chi connectivity index (χ0v) is 107. The van der Waals surface area contributed by atoms with Crippen molar-refractivity contribution in [3.8, 4) is 0 Å². The summed E-state index contributed by atoms with van der Waals surface area (Å²) in [6, 6.07) is 0. The first kappa shape index (κ1) is 219. The third kappa shape index (κ3) is 3100. The molecule has 482 valence electrons. The van der Waals surface area contributed by atoms with Crippen LogP contribution in [0.5, 0.6) is 0 Å². The Kier molecular flexibility index (Phi) is 537. The smallest absolute Gasteiger partial charge is 2.00 e. The molecule has 87 heavy (non-hydrogen) atoms. The van der Waals surface area contributed by atoms with E-state index in [9.17, 15) is 0 Å². The molecule has 0 rings (SSSR count). The average molecular weight is 3710 g/mol. The molecule has 0 spiro atoms. The monoisotopic (exact) mass is 3700 g/mol. The molecule has 0 aromatic carbocycles. The van der Waals surface area contributed by atoms with Crippen molar-refractivity contribution >= 4 is 252 Å². The largest absolute Gasteiger partial charge is 2.00 e. The molecule has 0 saturated heterocycles. The van der Waals surface area contributed by atoms with Crippen molar-refractivity contribution in [2.45, 2.75) is 0 Å². The quantitative estimate of drug-likeness (QED) is 0.203. The molecule has 0 aliphatic rings. The van der Waals surface area contributed by atoms with Gasteiger partial charge in [-0.15, -0.1) is 0 Å². The molecule has 0 unspecified atom stereocenters. The van der Waals surface area contributed by atoms with Gasteiger partial charge in [-0.2, -0.15) is 0 Å². The minimum atomic E-state index is -4.29.